The quantitative estimate of drug-likeness (QED) is 0.585. The van der Waals surface area contributed by atoms with E-state index in [0.29, 0.717) is 0 Å². The second kappa shape index (κ2) is 9.31. The molecule has 1 aliphatic carbocycles. The summed E-state index contributed by atoms with van der Waals surface area (Å²) in [5, 5.41) is 3.40. The van der Waals surface area contributed by atoms with E-state index < -0.39 is 5.41 Å². The summed E-state index contributed by atoms with van der Waals surface area (Å²) in [6.07, 6.45) is 6.27. The number of rotatable bonds is 9. The number of amides is 1. The van der Waals surface area contributed by atoms with E-state index in [1.54, 1.807) is 19.1 Å². The van der Waals surface area contributed by atoms with Gasteiger partial charge < -0.3 is 19.7 Å². The second-order valence-corrected chi connectivity index (χ2v) is 8.89. The number of carbonyl (C=O) groups is 1. The molecule has 160 valence electrons. The highest BCUT2D eigenvalue weighted by Gasteiger charge is 2.51. The van der Waals surface area contributed by atoms with Crippen LogP contribution < -0.4 is 14.8 Å². The number of hydrogen-bond donors (Lipinski definition) is 2. The third kappa shape index (κ3) is 4.60. The third-order valence-corrected chi connectivity index (χ3v) is 6.70. The first-order valence-electron chi connectivity index (χ1n) is 10.7. The van der Waals surface area contributed by atoms with Crippen molar-refractivity contribution in [3.8, 4) is 5.75 Å². The zero-order valence-electron chi connectivity index (χ0n) is 17.8. The van der Waals surface area contributed by atoms with Crippen LogP contribution >= 0.6 is 11.9 Å². The van der Waals surface area contributed by atoms with Crippen molar-refractivity contribution in [2.24, 2.45) is 0 Å². The van der Waals surface area contributed by atoms with Gasteiger partial charge in [-0.15, -0.1) is 0 Å². The van der Waals surface area contributed by atoms with Crippen molar-refractivity contribution >= 4 is 23.5 Å². The Bertz CT molecular complexity index is 878. The van der Waals surface area contributed by atoms with Gasteiger partial charge in [-0.25, -0.2) is 0 Å². The average Bonchev–Trinajstić information content (AvgIpc) is 3.44. The molecule has 4 rings (SSSR count). The summed E-state index contributed by atoms with van der Waals surface area (Å²) >= 11 is 1.56. The minimum Gasteiger partial charge on any atom is -0.497 e. The Hall–Kier alpha value is -2.18. The fourth-order valence-electron chi connectivity index (χ4n) is 4.38. The monoisotopic (exact) mass is 425 g/mol. The minimum absolute atomic E-state index is 0.0457. The molecule has 1 heterocycles. The molecule has 0 radical (unpaired) electrons. The van der Waals surface area contributed by atoms with Crippen LogP contribution in [0.1, 0.15) is 42.9 Å². The van der Waals surface area contributed by atoms with Crippen molar-refractivity contribution in [2.75, 3.05) is 37.7 Å². The van der Waals surface area contributed by atoms with Crippen molar-refractivity contribution in [2.45, 2.75) is 37.1 Å². The van der Waals surface area contributed by atoms with E-state index in [4.69, 9.17) is 4.74 Å². The highest BCUT2D eigenvalue weighted by Crippen LogP contribution is 2.49. The van der Waals surface area contributed by atoms with E-state index in [-0.39, 0.29) is 11.9 Å². The predicted molar refractivity (Wildman–Crippen MR) is 124 cm³/mol. The fraction of sp³-hybridized carbons (Fsp3) is 0.458. The highest BCUT2D eigenvalue weighted by atomic mass is 32.2. The molecule has 1 atom stereocenters. The van der Waals surface area contributed by atoms with E-state index in [9.17, 15) is 4.79 Å². The van der Waals surface area contributed by atoms with Gasteiger partial charge in [0.1, 0.15) is 5.75 Å². The maximum atomic E-state index is 13.5. The zero-order chi connectivity index (χ0) is 21.0. The molecule has 1 unspecified atom stereocenters. The number of benzene rings is 2. The lowest BCUT2D eigenvalue weighted by atomic mass is 9.93. The Morgan fingerprint density at radius 1 is 1.17 bits per heavy atom. The van der Waals surface area contributed by atoms with Crippen LogP contribution in [-0.2, 0) is 10.2 Å². The van der Waals surface area contributed by atoms with Crippen LogP contribution in [-0.4, -0.2) is 43.8 Å². The largest absolute Gasteiger partial charge is 0.497 e. The van der Waals surface area contributed by atoms with Gasteiger partial charge in [0.05, 0.1) is 18.6 Å². The van der Waals surface area contributed by atoms with Crippen molar-refractivity contribution in [3.05, 3.63) is 59.7 Å². The van der Waals surface area contributed by atoms with Crippen LogP contribution in [0.2, 0.25) is 0 Å². The molecule has 0 spiro atoms. The molecule has 2 aromatic rings. The van der Waals surface area contributed by atoms with Gasteiger partial charge in [0.15, 0.2) is 0 Å². The minimum atomic E-state index is -0.405. The molecule has 5 nitrogen and oxygen atoms in total. The Balaban J connectivity index is 1.55. The molecule has 1 aliphatic heterocycles. The summed E-state index contributed by atoms with van der Waals surface area (Å²) in [7, 11) is 1.68. The lowest BCUT2D eigenvalue weighted by molar-refractivity contribution is -0.124. The molecular weight excluding hydrogens is 394 g/mol. The summed E-state index contributed by atoms with van der Waals surface area (Å²) in [5.74, 6) is 0.959. The molecule has 2 fully saturated rings. The van der Waals surface area contributed by atoms with E-state index in [0.717, 1.165) is 55.0 Å². The van der Waals surface area contributed by atoms with Crippen LogP contribution in [0.3, 0.4) is 0 Å². The first kappa shape index (κ1) is 21.1. The standard InChI is InChI=1S/C24H31N3O2S/c1-29-21-10-5-7-18(15-21)22(17-27-13-3-4-14-27)25-23(28)24(11-12-24)19-8-6-9-20(16-19)26-30-2/h5-10,15-16,22,26H,3-4,11-14,17H2,1-2H3,(H,25,28). The molecule has 1 saturated heterocycles. The summed E-state index contributed by atoms with van der Waals surface area (Å²) in [6.45, 7) is 3.04. The number of nitrogens with one attached hydrogen (secondary N) is 2. The average molecular weight is 426 g/mol. The van der Waals surface area contributed by atoms with Crippen LogP contribution in [0.5, 0.6) is 5.75 Å². The number of nitrogens with zero attached hydrogens (tertiary/aromatic N) is 1. The fourth-order valence-corrected chi connectivity index (χ4v) is 4.75. The van der Waals surface area contributed by atoms with Gasteiger partial charge in [0, 0.05) is 18.5 Å². The Morgan fingerprint density at radius 2 is 1.93 bits per heavy atom. The number of carbonyl (C=O) groups excluding carboxylic acids is 1. The zero-order valence-corrected chi connectivity index (χ0v) is 18.6. The van der Waals surface area contributed by atoms with E-state index >= 15 is 0 Å². The number of likely N-dealkylation sites (tertiary alicyclic amines) is 1. The first-order chi connectivity index (χ1) is 14.6. The van der Waals surface area contributed by atoms with Gasteiger partial charge in [-0.05, 0) is 74.2 Å². The molecule has 0 aromatic heterocycles. The molecule has 30 heavy (non-hydrogen) atoms. The van der Waals surface area contributed by atoms with Gasteiger partial charge in [-0.1, -0.05) is 36.2 Å². The molecule has 1 saturated carbocycles. The van der Waals surface area contributed by atoms with Gasteiger partial charge in [-0.2, -0.15) is 0 Å². The molecule has 6 heteroatoms. The summed E-state index contributed by atoms with van der Waals surface area (Å²) < 4.78 is 8.71. The second-order valence-electron chi connectivity index (χ2n) is 8.28. The predicted octanol–water partition coefficient (Wildman–Crippen LogP) is 4.37. The topological polar surface area (TPSA) is 53.6 Å². The molecule has 2 aliphatic rings. The highest BCUT2D eigenvalue weighted by molar-refractivity contribution is 7.99. The number of methoxy groups -OCH3 is 1. The maximum absolute atomic E-state index is 13.5. The van der Waals surface area contributed by atoms with E-state index in [1.807, 2.05) is 36.6 Å². The first-order valence-corrected chi connectivity index (χ1v) is 11.9. The molecule has 1 amide bonds. The Labute approximate surface area is 183 Å². The van der Waals surface area contributed by atoms with Crippen molar-refractivity contribution in [3.63, 3.8) is 0 Å². The summed E-state index contributed by atoms with van der Waals surface area (Å²) in [5.41, 5.74) is 2.84. The molecule has 2 aromatic carbocycles. The lowest BCUT2D eigenvalue weighted by Crippen LogP contribution is -2.41. The van der Waals surface area contributed by atoms with Gasteiger partial charge >= 0.3 is 0 Å². The summed E-state index contributed by atoms with van der Waals surface area (Å²) in [4.78, 5) is 16.0. The molecule has 0 bridgehead atoms. The maximum Gasteiger partial charge on any atom is 0.231 e. The van der Waals surface area contributed by atoms with Crippen LogP contribution in [0.4, 0.5) is 5.69 Å². The third-order valence-electron chi connectivity index (χ3n) is 6.26. The Kier molecular flexibility index (Phi) is 6.54. The van der Waals surface area contributed by atoms with E-state index in [1.165, 1.54) is 12.8 Å². The van der Waals surface area contributed by atoms with Crippen LogP contribution in [0, 0.1) is 0 Å². The number of ether oxygens (including phenoxy) is 1. The molecule has 2 N–H and O–H groups in total. The van der Waals surface area contributed by atoms with Gasteiger partial charge in [0.2, 0.25) is 5.91 Å². The SMILES string of the molecule is COc1cccc(C(CN2CCCC2)NC(=O)C2(c3cccc(NSC)c3)CC2)c1. The van der Waals surface area contributed by atoms with Gasteiger partial charge in [-0.3, -0.25) is 4.79 Å². The van der Waals surface area contributed by atoms with Crippen LogP contribution in [0.25, 0.3) is 0 Å². The van der Waals surface area contributed by atoms with E-state index in [2.05, 4.69) is 33.1 Å². The molecular formula is C24H31N3O2S. The summed E-state index contributed by atoms with van der Waals surface area (Å²) in [6, 6.07) is 16.3. The van der Waals surface area contributed by atoms with Gasteiger partial charge in [0.25, 0.3) is 0 Å². The van der Waals surface area contributed by atoms with Crippen molar-refractivity contribution in [1.82, 2.24) is 10.2 Å². The normalized spacial score (nSPS) is 18.6. The Morgan fingerprint density at radius 3 is 2.63 bits per heavy atom. The van der Waals surface area contributed by atoms with Crippen LogP contribution in [0.15, 0.2) is 48.5 Å². The lowest BCUT2D eigenvalue weighted by Gasteiger charge is -2.27. The van der Waals surface area contributed by atoms with Crippen molar-refractivity contribution in [1.29, 1.82) is 0 Å². The number of anilines is 1. The smallest absolute Gasteiger partial charge is 0.231 e. The van der Waals surface area contributed by atoms with Crippen molar-refractivity contribution < 1.29 is 9.53 Å². The number of hydrogen-bond acceptors (Lipinski definition) is 5.